The molecule has 0 unspecified atom stereocenters. The molecule has 0 saturated heterocycles. The van der Waals surface area contributed by atoms with Gasteiger partial charge in [0, 0.05) is 21.0 Å². The van der Waals surface area contributed by atoms with Crippen LogP contribution in [0.3, 0.4) is 0 Å². The van der Waals surface area contributed by atoms with Gasteiger partial charge in [0.15, 0.2) is 0 Å². The molecule has 2 aromatic carbocycles. The maximum atomic E-state index is 13.0. The summed E-state index contributed by atoms with van der Waals surface area (Å²) >= 11 is 9.08. The van der Waals surface area contributed by atoms with Crippen LogP contribution in [-0.4, -0.2) is 19.0 Å². The Hall–Kier alpha value is -2.67. The molecular formula is C22H16ClNO3S2. The molecule has 2 heterocycles. The van der Waals surface area contributed by atoms with E-state index in [2.05, 4.69) is 5.32 Å². The number of nitrogens with one attached hydrogen (secondary N) is 1. The van der Waals surface area contributed by atoms with Crippen molar-refractivity contribution in [1.82, 2.24) is 0 Å². The number of fused-ring (bicyclic) bond motifs is 1. The molecule has 0 saturated carbocycles. The average Bonchev–Trinajstić information content (AvgIpc) is 3.29. The molecular weight excluding hydrogens is 426 g/mol. The van der Waals surface area contributed by atoms with E-state index in [9.17, 15) is 9.59 Å². The van der Waals surface area contributed by atoms with Crippen LogP contribution < -0.4 is 5.32 Å². The zero-order valence-electron chi connectivity index (χ0n) is 15.6. The first-order valence-corrected chi connectivity index (χ1v) is 10.8. The molecule has 0 aliphatic heterocycles. The predicted octanol–water partition coefficient (Wildman–Crippen LogP) is 6.63. The number of methoxy groups -OCH3 is 1. The zero-order valence-corrected chi connectivity index (χ0v) is 18.0. The van der Waals surface area contributed by atoms with E-state index in [1.165, 1.54) is 29.8 Å². The minimum Gasteiger partial charge on any atom is -0.465 e. The zero-order chi connectivity index (χ0) is 20.5. The van der Waals surface area contributed by atoms with Gasteiger partial charge in [-0.3, -0.25) is 4.79 Å². The largest absolute Gasteiger partial charge is 0.465 e. The second-order valence-electron chi connectivity index (χ2n) is 6.41. The third-order valence-electron chi connectivity index (χ3n) is 4.48. The Balaban J connectivity index is 1.73. The van der Waals surface area contributed by atoms with Crippen LogP contribution in [0.25, 0.3) is 21.2 Å². The number of carbonyl (C=O) groups excluding carboxylic acids is 2. The van der Waals surface area contributed by atoms with E-state index in [0.717, 1.165) is 26.8 Å². The molecule has 29 heavy (non-hydrogen) atoms. The maximum Gasteiger partial charge on any atom is 0.341 e. The molecule has 0 atom stereocenters. The van der Waals surface area contributed by atoms with Gasteiger partial charge < -0.3 is 10.1 Å². The van der Waals surface area contributed by atoms with Crippen LogP contribution in [0.4, 0.5) is 5.00 Å². The summed E-state index contributed by atoms with van der Waals surface area (Å²) in [4.78, 5) is 25.8. The third-order valence-corrected chi connectivity index (χ3v) is 7.03. The van der Waals surface area contributed by atoms with Crippen LogP contribution in [0, 0.1) is 6.92 Å². The summed E-state index contributed by atoms with van der Waals surface area (Å²) in [5.41, 5.74) is 3.03. The first kappa shape index (κ1) is 19.6. The molecule has 4 rings (SSSR count). The lowest BCUT2D eigenvalue weighted by molar-refractivity contribution is 0.0603. The number of esters is 1. The number of anilines is 1. The van der Waals surface area contributed by atoms with E-state index in [1.807, 2.05) is 60.8 Å². The van der Waals surface area contributed by atoms with Crippen molar-refractivity contribution in [2.24, 2.45) is 0 Å². The summed E-state index contributed by atoms with van der Waals surface area (Å²) in [7, 11) is 1.32. The van der Waals surface area contributed by atoms with Gasteiger partial charge in [0.2, 0.25) is 0 Å². The minimum absolute atomic E-state index is 0.338. The van der Waals surface area contributed by atoms with Crippen LogP contribution in [0.2, 0.25) is 5.02 Å². The van der Waals surface area contributed by atoms with Crippen LogP contribution in [0.15, 0.2) is 53.9 Å². The number of hydrogen-bond donors (Lipinski definition) is 1. The summed E-state index contributed by atoms with van der Waals surface area (Å²) in [6, 6.07) is 15.4. The number of ether oxygens (including phenoxy) is 1. The fourth-order valence-electron chi connectivity index (χ4n) is 3.06. The summed E-state index contributed by atoms with van der Waals surface area (Å²) in [5.74, 6) is -0.848. The lowest BCUT2D eigenvalue weighted by Crippen LogP contribution is -2.13. The smallest absolute Gasteiger partial charge is 0.341 e. The van der Waals surface area contributed by atoms with E-state index in [4.69, 9.17) is 16.3 Å². The number of carbonyl (C=O) groups is 2. The van der Waals surface area contributed by atoms with Crippen LogP contribution in [0.5, 0.6) is 0 Å². The lowest BCUT2D eigenvalue weighted by Gasteiger charge is -2.07. The molecule has 1 N–H and O–H groups in total. The monoisotopic (exact) mass is 441 g/mol. The maximum absolute atomic E-state index is 13.0. The normalized spacial score (nSPS) is 10.9. The second kappa shape index (κ2) is 7.99. The fourth-order valence-corrected chi connectivity index (χ4v) is 5.53. The second-order valence-corrected chi connectivity index (χ2v) is 8.72. The molecule has 0 aliphatic carbocycles. The van der Waals surface area contributed by atoms with Crippen molar-refractivity contribution in [3.05, 3.63) is 74.9 Å². The quantitative estimate of drug-likeness (QED) is 0.361. The van der Waals surface area contributed by atoms with E-state index in [0.29, 0.717) is 20.5 Å². The van der Waals surface area contributed by atoms with Crippen molar-refractivity contribution in [3.63, 3.8) is 0 Å². The standard InChI is InChI=1S/C22H16ClNO3S2/c1-12-8-9-14-16(10-12)29-19(18(14)23)20(25)24-21-17(22(26)27-2)15(11-28-21)13-6-4-3-5-7-13/h3-11H,1-2H3,(H,24,25). The van der Waals surface area contributed by atoms with Gasteiger partial charge in [0.05, 0.1) is 12.1 Å². The van der Waals surface area contributed by atoms with Crippen molar-refractivity contribution in [2.45, 2.75) is 6.92 Å². The van der Waals surface area contributed by atoms with E-state index in [1.54, 1.807) is 0 Å². The van der Waals surface area contributed by atoms with Gasteiger partial charge in [-0.1, -0.05) is 54.1 Å². The summed E-state index contributed by atoms with van der Waals surface area (Å²) in [6.07, 6.45) is 0. The highest BCUT2D eigenvalue weighted by Crippen LogP contribution is 2.39. The van der Waals surface area contributed by atoms with E-state index in [-0.39, 0.29) is 5.91 Å². The van der Waals surface area contributed by atoms with Gasteiger partial charge in [0.25, 0.3) is 5.91 Å². The highest BCUT2D eigenvalue weighted by molar-refractivity contribution is 7.22. The van der Waals surface area contributed by atoms with Crippen molar-refractivity contribution in [1.29, 1.82) is 0 Å². The number of hydrogen-bond acceptors (Lipinski definition) is 5. The molecule has 4 nitrogen and oxygen atoms in total. The van der Waals surface area contributed by atoms with Crippen molar-refractivity contribution in [3.8, 4) is 11.1 Å². The predicted molar refractivity (Wildman–Crippen MR) is 121 cm³/mol. The Morgan fingerprint density at radius 3 is 2.59 bits per heavy atom. The summed E-state index contributed by atoms with van der Waals surface area (Å²) < 4.78 is 5.91. The molecule has 7 heteroatoms. The van der Waals surface area contributed by atoms with Crippen molar-refractivity contribution < 1.29 is 14.3 Å². The number of benzene rings is 2. The molecule has 0 bridgehead atoms. The SMILES string of the molecule is COC(=O)c1c(-c2ccccc2)csc1NC(=O)c1sc2cc(C)ccc2c1Cl. The first-order chi connectivity index (χ1) is 14.0. The Morgan fingerprint density at radius 1 is 1.10 bits per heavy atom. The molecule has 4 aromatic rings. The third kappa shape index (κ3) is 3.67. The Kier molecular flexibility index (Phi) is 5.41. The Morgan fingerprint density at radius 2 is 1.86 bits per heavy atom. The van der Waals surface area contributed by atoms with Gasteiger partial charge in [-0.15, -0.1) is 22.7 Å². The molecule has 1 amide bonds. The summed E-state index contributed by atoms with van der Waals surface area (Å²) in [6.45, 7) is 1.99. The van der Waals surface area contributed by atoms with E-state index >= 15 is 0 Å². The Bertz CT molecular complexity index is 1230. The van der Waals surface area contributed by atoms with Crippen LogP contribution in [-0.2, 0) is 4.74 Å². The molecule has 0 fully saturated rings. The molecule has 146 valence electrons. The van der Waals surface area contributed by atoms with Gasteiger partial charge in [-0.2, -0.15) is 0 Å². The minimum atomic E-state index is -0.501. The molecule has 0 spiro atoms. The topological polar surface area (TPSA) is 55.4 Å². The number of amides is 1. The van der Waals surface area contributed by atoms with Gasteiger partial charge >= 0.3 is 5.97 Å². The van der Waals surface area contributed by atoms with Gasteiger partial charge in [-0.25, -0.2) is 4.79 Å². The number of halogens is 1. The molecule has 0 radical (unpaired) electrons. The van der Waals surface area contributed by atoms with Crippen LogP contribution >= 0.6 is 34.3 Å². The van der Waals surface area contributed by atoms with Crippen molar-refractivity contribution in [2.75, 3.05) is 12.4 Å². The average molecular weight is 442 g/mol. The van der Waals surface area contributed by atoms with Crippen molar-refractivity contribution >= 4 is 61.2 Å². The summed E-state index contributed by atoms with van der Waals surface area (Å²) in [5, 5.41) is 6.39. The Labute approximate surface area is 180 Å². The first-order valence-electron chi connectivity index (χ1n) is 8.75. The number of thiophene rings is 2. The van der Waals surface area contributed by atoms with Gasteiger partial charge in [0.1, 0.15) is 15.4 Å². The number of rotatable bonds is 4. The van der Waals surface area contributed by atoms with Crippen LogP contribution in [0.1, 0.15) is 25.6 Å². The number of aryl methyl sites for hydroxylation is 1. The van der Waals surface area contributed by atoms with Gasteiger partial charge in [-0.05, 0) is 24.1 Å². The fraction of sp³-hybridized carbons (Fsp3) is 0.0909. The molecule has 0 aliphatic rings. The lowest BCUT2D eigenvalue weighted by atomic mass is 10.0. The highest BCUT2D eigenvalue weighted by atomic mass is 35.5. The highest BCUT2D eigenvalue weighted by Gasteiger charge is 2.24. The van der Waals surface area contributed by atoms with E-state index < -0.39 is 5.97 Å². The molecule has 2 aromatic heterocycles.